The molecule has 0 amide bonds. The van der Waals surface area contributed by atoms with Crippen molar-refractivity contribution < 1.29 is 9.66 Å². The zero-order valence-corrected chi connectivity index (χ0v) is 11.6. The lowest BCUT2D eigenvalue weighted by Crippen LogP contribution is -2.20. The van der Waals surface area contributed by atoms with E-state index in [4.69, 9.17) is 16.3 Å². The van der Waals surface area contributed by atoms with Crippen molar-refractivity contribution >= 4 is 17.3 Å². The summed E-state index contributed by atoms with van der Waals surface area (Å²) in [4.78, 5) is 10.4. The van der Waals surface area contributed by atoms with Gasteiger partial charge in [0.1, 0.15) is 0 Å². The van der Waals surface area contributed by atoms with Crippen LogP contribution in [0.2, 0.25) is 5.02 Å². The van der Waals surface area contributed by atoms with Crippen LogP contribution in [0.3, 0.4) is 0 Å². The molecule has 1 aromatic rings. The third-order valence-electron chi connectivity index (χ3n) is 2.33. The van der Waals surface area contributed by atoms with Crippen LogP contribution in [0.15, 0.2) is 30.4 Å². The molecular formula is C13H17ClN2O3. The molecular weight excluding hydrogens is 268 g/mol. The molecule has 0 heterocycles. The zero-order valence-electron chi connectivity index (χ0n) is 10.8. The largest absolute Gasteiger partial charge is 0.376 e. The Morgan fingerprint density at radius 3 is 2.95 bits per heavy atom. The first-order chi connectivity index (χ1) is 9.00. The van der Waals surface area contributed by atoms with E-state index >= 15 is 0 Å². The molecule has 1 rings (SSSR count). The van der Waals surface area contributed by atoms with Gasteiger partial charge in [0.2, 0.25) is 0 Å². The van der Waals surface area contributed by atoms with Gasteiger partial charge in [-0.25, -0.2) is 0 Å². The molecule has 104 valence electrons. The van der Waals surface area contributed by atoms with Gasteiger partial charge in [0.15, 0.2) is 0 Å². The Morgan fingerprint density at radius 2 is 2.32 bits per heavy atom. The molecule has 0 aliphatic carbocycles. The van der Waals surface area contributed by atoms with E-state index in [0.29, 0.717) is 36.9 Å². The lowest BCUT2D eigenvalue weighted by Gasteiger charge is -2.07. The number of rotatable bonds is 8. The fraction of sp³-hybridized carbons (Fsp3) is 0.385. The van der Waals surface area contributed by atoms with Crippen LogP contribution in [0, 0.1) is 10.1 Å². The van der Waals surface area contributed by atoms with Crippen LogP contribution in [-0.4, -0.2) is 24.7 Å². The summed E-state index contributed by atoms with van der Waals surface area (Å²) in [6.07, 6.45) is 0. The highest BCUT2D eigenvalue weighted by Gasteiger charge is 2.13. The van der Waals surface area contributed by atoms with Crippen molar-refractivity contribution in [1.29, 1.82) is 0 Å². The molecule has 0 radical (unpaired) electrons. The van der Waals surface area contributed by atoms with E-state index < -0.39 is 4.92 Å². The molecule has 0 saturated heterocycles. The number of halogens is 1. The van der Waals surface area contributed by atoms with Gasteiger partial charge in [-0.15, -0.1) is 0 Å². The molecule has 1 N–H and O–H groups in total. The van der Waals surface area contributed by atoms with Gasteiger partial charge in [-0.05, 0) is 19.1 Å². The molecule has 0 bridgehead atoms. The highest BCUT2D eigenvalue weighted by Crippen LogP contribution is 2.22. The third kappa shape index (κ3) is 5.83. The van der Waals surface area contributed by atoms with Gasteiger partial charge in [0.05, 0.1) is 18.1 Å². The standard InChI is InChI=1S/C13H17ClN2O3/c1-10(2)9-19-6-5-15-8-11-3-4-12(14)7-13(11)16(17)18/h3-4,7,15H,1,5-6,8-9H2,2H3. The van der Waals surface area contributed by atoms with Gasteiger partial charge in [-0.1, -0.05) is 23.8 Å². The second kappa shape index (κ2) is 7.89. The minimum absolute atomic E-state index is 0.0304. The van der Waals surface area contributed by atoms with E-state index in [1.165, 1.54) is 6.07 Å². The number of nitrogens with one attached hydrogen (secondary N) is 1. The minimum atomic E-state index is -0.430. The summed E-state index contributed by atoms with van der Waals surface area (Å²) in [5.41, 5.74) is 1.60. The van der Waals surface area contributed by atoms with Gasteiger partial charge in [-0.3, -0.25) is 10.1 Å². The molecule has 0 spiro atoms. The van der Waals surface area contributed by atoms with E-state index in [1.54, 1.807) is 12.1 Å². The van der Waals surface area contributed by atoms with E-state index in [1.807, 2.05) is 6.92 Å². The minimum Gasteiger partial charge on any atom is -0.376 e. The highest BCUT2D eigenvalue weighted by atomic mass is 35.5. The first-order valence-electron chi connectivity index (χ1n) is 5.86. The van der Waals surface area contributed by atoms with E-state index in [9.17, 15) is 10.1 Å². The van der Waals surface area contributed by atoms with Crippen LogP contribution in [0.4, 0.5) is 5.69 Å². The second-order valence-electron chi connectivity index (χ2n) is 4.22. The van der Waals surface area contributed by atoms with Crippen molar-refractivity contribution in [2.24, 2.45) is 0 Å². The molecule has 0 aromatic heterocycles. The van der Waals surface area contributed by atoms with Crippen LogP contribution < -0.4 is 5.32 Å². The van der Waals surface area contributed by atoms with E-state index in [2.05, 4.69) is 11.9 Å². The van der Waals surface area contributed by atoms with E-state index in [0.717, 1.165) is 5.57 Å². The topological polar surface area (TPSA) is 64.4 Å². The lowest BCUT2D eigenvalue weighted by atomic mass is 10.2. The zero-order chi connectivity index (χ0) is 14.3. The second-order valence-corrected chi connectivity index (χ2v) is 4.65. The van der Waals surface area contributed by atoms with Gasteiger partial charge in [0, 0.05) is 29.7 Å². The van der Waals surface area contributed by atoms with Crippen molar-refractivity contribution in [3.05, 3.63) is 51.1 Å². The molecule has 1 aromatic carbocycles. The summed E-state index contributed by atoms with van der Waals surface area (Å²) in [5.74, 6) is 0. The predicted octanol–water partition coefficient (Wildman–Crippen LogP) is 2.93. The molecule has 0 unspecified atom stereocenters. The molecule has 0 aliphatic heterocycles. The van der Waals surface area contributed by atoms with Crippen molar-refractivity contribution in [3.63, 3.8) is 0 Å². The van der Waals surface area contributed by atoms with Gasteiger partial charge >= 0.3 is 0 Å². The van der Waals surface area contributed by atoms with Gasteiger partial charge in [-0.2, -0.15) is 0 Å². The third-order valence-corrected chi connectivity index (χ3v) is 2.57. The smallest absolute Gasteiger partial charge is 0.275 e. The highest BCUT2D eigenvalue weighted by molar-refractivity contribution is 6.30. The van der Waals surface area contributed by atoms with Crippen LogP contribution in [0.1, 0.15) is 12.5 Å². The lowest BCUT2D eigenvalue weighted by molar-refractivity contribution is -0.385. The van der Waals surface area contributed by atoms with Crippen molar-refractivity contribution in [1.82, 2.24) is 5.32 Å². The summed E-state index contributed by atoms with van der Waals surface area (Å²) in [5, 5.41) is 14.3. The fourth-order valence-electron chi connectivity index (χ4n) is 1.47. The summed E-state index contributed by atoms with van der Waals surface area (Å²) < 4.78 is 5.31. The molecule has 0 fully saturated rings. The summed E-state index contributed by atoms with van der Waals surface area (Å²) in [6, 6.07) is 4.65. The number of nitrogens with zero attached hydrogens (tertiary/aromatic N) is 1. The van der Waals surface area contributed by atoms with Crippen molar-refractivity contribution in [2.75, 3.05) is 19.8 Å². The fourth-order valence-corrected chi connectivity index (χ4v) is 1.64. The predicted molar refractivity (Wildman–Crippen MR) is 75.4 cm³/mol. The number of nitro benzene ring substituents is 1. The maximum atomic E-state index is 10.9. The number of hydrogen-bond donors (Lipinski definition) is 1. The summed E-state index contributed by atoms with van der Waals surface area (Å²) >= 11 is 5.74. The van der Waals surface area contributed by atoms with Gasteiger partial charge < -0.3 is 10.1 Å². The first-order valence-corrected chi connectivity index (χ1v) is 6.24. The Labute approximate surface area is 117 Å². The van der Waals surface area contributed by atoms with Crippen molar-refractivity contribution in [2.45, 2.75) is 13.5 Å². The maximum Gasteiger partial charge on any atom is 0.275 e. The normalized spacial score (nSPS) is 10.4. The average Bonchev–Trinajstić information content (AvgIpc) is 2.34. The van der Waals surface area contributed by atoms with Crippen LogP contribution in [-0.2, 0) is 11.3 Å². The Hall–Kier alpha value is -1.43. The van der Waals surface area contributed by atoms with E-state index in [-0.39, 0.29) is 5.69 Å². The summed E-state index contributed by atoms with van der Waals surface area (Å²) in [7, 11) is 0. The van der Waals surface area contributed by atoms with Crippen molar-refractivity contribution in [3.8, 4) is 0 Å². The molecule has 6 heteroatoms. The number of benzene rings is 1. The first kappa shape index (κ1) is 15.6. The number of nitro groups is 1. The average molecular weight is 285 g/mol. The Kier molecular flexibility index (Phi) is 6.49. The Balaban J connectivity index is 2.41. The molecule has 19 heavy (non-hydrogen) atoms. The molecule has 0 aliphatic rings. The summed E-state index contributed by atoms with van der Waals surface area (Å²) in [6.45, 7) is 7.71. The Morgan fingerprint density at radius 1 is 1.58 bits per heavy atom. The quantitative estimate of drug-likeness (QED) is 0.345. The molecule has 0 atom stereocenters. The number of hydrogen-bond acceptors (Lipinski definition) is 4. The van der Waals surface area contributed by atoms with Crippen LogP contribution in [0.5, 0.6) is 0 Å². The molecule has 0 saturated carbocycles. The molecule has 5 nitrogen and oxygen atoms in total. The van der Waals surface area contributed by atoms with Gasteiger partial charge in [0.25, 0.3) is 5.69 Å². The Bertz CT molecular complexity index is 463. The maximum absolute atomic E-state index is 10.9. The van der Waals surface area contributed by atoms with Crippen LogP contribution >= 0.6 is 11.6 Å². The number of ether oxygens (including phenoxy) is 1. The van der Waals surface area contributed by atoms with Crippen LogP contribution in [0.25, 0.3) is 0 Å². The monoisotopic (exact) mass is 284 g/mol. The SMILES string of the molecule is C=C(C)COCCNCc1ccc(Cl)cc1[N+](=O)[O-].